The van der Waals surface area contributed by atoms with Crippen molar-refractivity contribution in [3.05, 3.63) is 205 Å². The topological polar surface area (TPSA) is 366 Å². The number of pyridine rings is 3. The van der Waals surface area contributed by atoms with Gasteiger partial charge in [0, 0.05) is 140 Å². The van der Waals surface area contributed by atoms with E-state index in [0.717, 1.165) is 124 Å². The lowest BCUT2D eigenvalue weighted by molar-refractivity contribution is -0.133. The number of hydrogen-bond acceptors (Lipinski definition) is 24. The smallest absolute Gasteiger partial charge is 0.355 e. The number of fused-ring (bicyclic) bond motifs is 3. The number of nitrogen functional groups attached to an aromatic ring is 3. The lowest BCUT2D eigenvalue weighted by Gasteiger charge is -2.45. The molecule has 135 heavy (non-hydrogen) atoms. The number of aromatic nitrogens is 15. The number of rotatable bonds is 20. The summed E-state index contributed by atoms with van der Waals surface area (Å²) in [5, 5.41) is 0.572. The Morgan fingerprint density at radius 1 is 0.393 bits per heavy atom. The molecule has 6 atom stereocenters. The molecule has 0 radical (unpaired) electrons. The van der Waals surface area contributed by atoms with Crippen LogP contribution in [0.3, 0.4) is 0 Å². The molecule has 2 amide bonds. The zero-order valence-corrected chi connectivity index (χ0v) is 77.4. The molecule has 0 bridgehead atoms. The summed E-state index contributed by atoms with van der Waals surface area (Å²) >= 11 is 15.8. The van der Waals surface area contributed by atoms with Crippen LogP contribution < -0.4 is 49.0 Å². The van der Waals surface area contributed by atoms with E-state index in [-0.39, 0.29) is 192 Å². The van der Waals surface area contributed by atoms with E-state index in [4.69, 9.17) is 57.0 Å². The molecule has 6 aliphatic carbocycles. The Bertz CT molecular complexity index is 6800. The van der Waals surface area contributed by atoms with Crippen LogP contribution in [0.5, 0.6) is 0 Å². The van der Waals surface area contributed by atoms with E-state index < -0.39 is 52.0 Å². The van der Waals surface area contributed by atoms with Gasteiger partial charge in [-0.25, -0.2) is 99.3 Å². The first-order chi connectivity index (χ1) is 64.9. The van der Waals surface area contributed by atoms with Gasteiger partial charge in [0.05, 0.1) is 84.1 Å². The largest absolute Gasteiger partial charge is 0.398 e. The molecule has 12 heterocycles. The first kappa shape index (κ1) is 92.8. The molecule has 12 aromatic rings. The summed E-state index contributed by atoms with van der Waals surface area (Å²) < 4.78 is 97.6. The third-order valence-electron chi connectivity index (χ3n) is 26.6. The minimum Gasteiger partial charge on any atom is -0.398 e. The fourth-order valence-corrected chi connectivity index (χ4v) is 19.3. The molecule has 9 fully saturated rings. The minimum absolute atomic E-state index is 0.0180. The fraction of sp³-hybridized carbons (Fsp3) is 0.423. The number of alkyl halides is 2. The van der Waals surface area contributed by atoms with Crippen LogP contribution in [-0.4, -0.2) is 175 Å². The standard InChI is InChI=1S/C32H33ClF2N8O2.C32H32F2N8O2.C30H31F2N7O.C3H4Cl2O/c1-16-14-42(17(2)13-41(16)24(44)10-11-33)30-20-12-22(35)28(25-21(34)4-3-5-23(25)36)39-31(20)43(32(45)40-30)29-26(18-6-7-18)37-15-38-27(29)19-8-9-19;1-4-24(43)40-13-17(3)41(14-16(40)2)30-20-12-22(34)28(25-21(33)6-5-7-23(25)35)38-31(20)42(32(44)39-30)29-26(18-8-9-18)36-15-37-27(29)19-10-11-19;1-15-6-7-16(2)38(13-15)28-19-12-21(32)26(23-20(31)4-3-5-22(23)33)36-29(19)39(30(40)37-28)27-24(17-8-9-17)34-14-35-25(27)18-10-11-18;4-2-1-3(5)6/h3-5,12,15-19H,6-11,13-14,36H2,1-2H3;4-7,12,15-19H,1,8-11,13-14,35H2,2-3H3;3-5,12,14-18H,6-11,13,33H2,1-2H3;1-2H2/t2*16-,17+;15-,16-;/m110./s1. The van der Waals surface area contributed by atoms with Crippen LogP contribution in [0, 0.1) is 40.8 Å². The summed E-state index contributed by atoms with van der Waals surface area (Å²) in [6, 6.07) is 15.3. The summed E-state index contributed by atoms with van der Waals surface area (Å²) in [7, 11) is 0. The molecule has 3 aliphatic heterocycles. The molecule has 3 saturated heterocycles. The number of piperidine rings is 1. The normalized spacial score (nSPS) is 20.0. The van der Waals surface area contributed by atoms with Gasteiger partial charge in [0.25, 0.3) is 0 Å². The third-order valence-corrected chi connectivity index (χ3v) is 27.2. The van der Waals surface area contributed by atoms with Gasteiger partial charge in [0.1, 0.15) is 71.0 Å². The van der Waals surface area contributed by atoms with Crippen molar-refractivity contribution < 1.29 is 40.7 Å². The van der Waals surface area contributed by atoms with Crippen LogP contribution in [-0.2, 0) is 14.4 Å². The SMILES string of the molecule is C=CC(=O)N1C[C@H](C)N(c2nc(=O)n(-c3c(C4CC4)ncnc3C3CC3)c3nc(-c4c(N)cccc4F)c(F)cc23)C[C@H]1C.C[C@@H]1CN(c2nc(=O)n(-c3c(C4CC4)ncnc3C3CC3)c3nc(-c4c(N)cccc4F)c(F)cc23)[C@@H](C)CN1C(=O)CCCl.C[C@H]1CC[C@H](C)N(c2nc(=O)n(-c3c(C4CC4)ncnc3C3CC3)c3nc(-c4c(N)cccc4F)c(F)cc23)C1.O=C(Cl)CCCl. The number of carbonyl (C=O) groups excluding carboxylic acids is 3. The number of anilines is 6. The highest BCUT2D eigenvalue weighted by Crippen LogP contribution is 2.52. The maximum atomic E-state index is 16.1. The summed E-state index contributed by atoms with van der Waals surface area (Å²) in [5.41, 5.74) is 21.9. The number of nitrogens with two attached hydrogens (primary N) is 3. The van der Waals surface area contributed by atoms with Crippen molar-refractivity contribution in [1.82, 2.24) is 83.3 Å². The number of benzene rings is 3. The van der Waals surface area contributed by atoms with Crippen molar-refractivity contribution in [2.24, 2.45) is 5.92 Å². The zero-order valence-electron chi connectivity index (χ0n) is 75.2. The molecular formula is C97H100Cl3F6N23O6. The van der Waals surface area contributed by atoms with Gasteiger partial charge in [-0.05, 0) is 203 Å². The highest BCUT2D eigenvalue weighted by Gasteiger charge is 2.44. The second-order valence-electron chi connectivity index (χ2n) is 36.8. The highest BCUT2D eigenvalue weighted by molar-refractivity contribution is 6.63. The van der Waals surface area contributed by atoms with E-state index in [1.807, 2.05) is 37.5 Å². The Hall–Kier alpha value is -12.6. The Kier molecular flexibility index (Phi) is 26.1. The van der Waals surface area contributed by atoms with E-state index in [0.29, 0.717) is 72.8 Å². The average Bonchev–Trinajstić information content (AvgIpc) is 1.70. The lowest BCUT2D eigenvalue weighted by atomic mass is 9.95. The quantitative estimate of drug-likeness (QED) is 0.0210. The van der Waals surface area contributed by atoms with Gasteiger partial charge in [0.15, 0.2) is 34.4 Å². The maximum absolute atomic E-state index is 16.1. The molecule has 702 valence electrons. The monoisotopic (exact) mass is 1900 g/mol. The van der Waals surface area contributed by atoms with Crippen LogP contribution >= 0.6 is 34.8 Å². The maximum Gasteiger partial charge on any atom is 0.355 e. The molecule has 9 aliphatic rings. The molecule has 6 N–H and O–H groups in total. The van der Waals surface area contributed by atoms with Crippen molar-refractivity contribution in [3.8, 4) is 50.8 Å². The van der Waals surface area contributed by atoms with Gasteiger partial charge in [-0.2, -0.15) is 15.0 Å². The predicted octanol–water partition coefficient (Wildman–Crippen LogP) is 16.2. The minimum atomic E-state index is -0.808. The van der Waals surface area contributed by atoms with Gasteiger partial charge in [-0.15, -0.1) is 23.2 Å². The van der Waals surface area contributed by atoms with E-state index >= 15 is 26.3 Å². The number of hydrogen-bond donors (Lipinski definition) is 3. The fourth-order valence-electron chi connectivity index (χ4n) is 18.8. The molecular weight excluding hydrogens is 1800 g/mol. The van der Waals surface area contributed by atoms with Gasteiger partial charge in [-0.3, -0.25) is 14.4 Å². The summed E-state index contributed by atoms with van der Waals surface area (Å²) in [6.45, 7) is 17.6. The van der Waals surface area contributed by atoms with Crippen LogP contribution in [0.15, 0.2) is 119 Å². The van der Waals surface area contributed by atoms with E-state index in [2.05, 4.69) is 80.2 Å². The van der Waals surface area contributed by atoms with Crippen LogP contribution in [0.2, 0.25) is 0 Å². The number of nitrogens with zero attached hydrogens (tertiary/aromatic N) is 20. The Morgan fingerprint density at radius 3 is 0.978 bits per heavy atom. The Morgan fingerprint density at radius 2 is 0.696 bits per heavy atom. The average molecular weight is 1900 g/mol. The predicted molar refractivity (Wildman–Crippen MR) is 506 cm³/mol. The van der Waals surface area contributed by atoms with Crippen LogP contribution in [0.4, 0.5) is 60.9 Å². The second-order valence-corrected chi connectivity index (χ2v) is 38.0. The lowest BCUT2D eigenvalue weighted by Crippen LogP contribution is -2.58. The molecule has 21 rings (SSSR count). The third kappa shape index (κ3) is 18.4. The molecule has 29 nitrogen and oxygen atoms in total. The van der Waals surface area contributed by atoms with Crippen molar-refractivity contribution in [3.63, 3.8) is 0 Å². The van der Waals surface area contributed by atoms with Crippen molar-refractivity contribution in [1.29, 1.82) is 0 Å². The van der Waals surface area contributed by atoms with Crippen molar-refractivity contribution >= 4 is 119 Å². The van der Waals surface area contributed by atoms with E-state index in [1.54, 1.807) is 16.1 Å². The highest BCUT2D eigenvalue weighted by atomic mass is 35.5. The number of halogens is 9. The molecule has 9 aromatic heterocycles. The van der Waals surface area contributed by atoms with Gasteiger partial charge in [0.2, 0.25) is 17.1 Å². The Labute approximate surface area is 787 Å². The molecule has 0 spiro atoms. The summed E-state index contributed by atoms with van der Waals surface area (Å²) in [6.07, 6.45) is 19.7. The number of amides is 2. The number of carbonyl (C=O) groups is 3. The second kappa shape index (κ2) is 37.9. The zero-order chi connectivity index (χ0) is 95.1. The van der Waals surface area contributed by atoms with Gasteiger partial charge in [-0.1, -0.05) is 31.7 Å². The molecule has 6 saturated carbocycles. The Balaban J connectivity index is 0.000000131. The summed E-state index contributed by atoms with van der Waals surface area (Å²) in [5.74, 6) is -1.89. The van der Waals surface area contributed by atoms with Gasteiger partial charge < -0.3 is 41.7 Å². The summed E-state index contributed by atoms with van der Waals surface area (Å²) in [4.78, 5) is 142. The van der Waals surface area contributed by atoms with Gasteiger partial charge >= 0.3 is 17.1 Å². The molecule has 3 aromatic carbocycles. The van der Waals surface area contributed by atoms with E-state index in [9.17, 15) is 28.8 Å². The molecule has 38 heteroatoms. The van der Waals surface area contributed by atoms with E-state index in [1.165, 1.54) is 105 Å². The van der Waals surface area contributed by atoms with Crippen molar-refractivity contribution in [2.45, 2.75) is 210 Å². The van der Waals surface area contributed by atoms with Crippen LogP contribution in [0.1, 0.15) is 214 Å². The molecule has 0 unspecified atom stereocenters. The number of piperazine rings is 2. The first-order valence-corrected chi connectivity index (χ1v) is 47.3. The first-order valence-electron chi connectivity index (χ1n) is 45.8. The van der Waals surface area contributed by atoms with Crippen LogP contribution in [0.25, 0.3) is 83.9 Å². The van der Waals surface area contributed by atoms with Crippen molar-refractivity contribution in [2.75, 3.05) is 76.4 Å².